The van der Waals surface area contributed by atoms with E-state index >= 15 is 0 Å². The Morgan fingerprint density at radius 2 is 1.79 bits per heavy atom. The molecule has 2 fully saturated rings. The van der Waals surface area contributed by atoms with Crippen molar-refractivity contribution in [2.45, 2.75) is 32.9 Å². The normalized spacial score (nSPS) is 19.3. The molecule has 0 spiro atoms. The second kappa shape index (κ2) is 13.0. The first-order chi connectivity index (χ1) is 15.7. The molecule has 2 saturated heterocycles. The number of halogens is 1. The third-order valence-corrected chi connectivity index (χ3v) is 6.37. The van der Waals surface area contributed by atoms with Gasteiger partial charge in [-0.3, -0.25) is 0 Å². The van der Waals surface area contributed by atoms with Crippen molar-refractivity contribution < 1.29 is 0 Å². The molecule has 4 rings (SSSR count). The van der Waals surface area contributed by atoms with Crippen molar-refractivity contribution in [3.05, 3.63) is 54.2 Å². The van der Waals surface area contributed by atoms with Crippen LogP contribution in [-0.2, 0) is 6.54 Å². The fraction of sp³-hybridized carbons (Fsp3) is 0.520. The molecule has 2 aliphatic heterocycles. The second-order valence-corrected chi connectivity index (χ2v) is 8.55. The highest BCUT2D eigenvalue weighted by molar-refractivity contribution is 14.0. The minimum absolute atomic E-state index is 0. The summed E-state index contributed by atoms with van der Waals surface area (Å²) in [6, 6.07) is 15.3. The minimum Gasteiger partial charge on any atom is -0.369 e. The number of nitrogens with zero attached hydrogens (tertiary/aromatic N) is 5. The van der Waals surface area contributed by atoms with Crippen LogP contribution in [0.1, 0.15) is 25.8 Å². The van der Waals surface area contributed by atoms with Gasteiger partial charge < -0.3 is 25.3 Å². The van der Waals surface area contributed by atoms with E-state index in [4.69, 9.17) is 9.98 Å². The molecule has 8 heteroatoms. The Labute approximate surface area is 215 Å². The van der Waals surface area contributed by atoms with E-state index in [0.29, 0.717) is 12.6 Å². The maximum absolute atomic E-state index is 4.82. The standard InChI is InChI=1S/C25H37N7.HI/c1-3-26-25(29-22-12-13-32(20-22)23-8-6-5-7-9-23)28-19-21-10-11-24(27-18-21)31-16-14-30(4-2)15-17-31;/h5-11,18,22H,3-4,12-17,19-20H2,1-2H3,(H2,26,28,29);1H. The summed E-state index contributed by atoms with van der Waals surface area (Å²) < 4.78 is 0. The topological polar surface area (TPSA) is 59.0 Å². The summed E-state index contributed by atoms with van der Waals surface area (Å²) in [6.07, 6.45) is 3.09. The minimum atomic E-state index is 0. The van der Waals surface area contributed by atoms with Crippen LogP contribution >= 0.6 is 24.0 Å². The van der Waals surface area contributed by atoms with E-state index in [9.17, 15) is 0 Å². The lowest BCUT2D eigenvalue weighted by molar-refractivity contribution is 0.270. The van der Waals surface area contributed by atoms with E-state index in [2.05, 4.69) is 81.6 Å². The molecule has 1 aromatic heterocycles. The van der Waals surface area contributed by atoms with Gasteiger partial charge in [-0.2, -0.15) is 0 Å². The van der Waals surface area contributed by atoms with Crippen LogP contribution in [0.2, 0.25) is 0 Å². The fourth-order valence-electron chi connectivity index (χ4n) is 4.43. The zero-order valence-electron chi connectivity index (χ0n) is 19.9. The molecular weight excluding hydrogens is 525 g/mol. The molecule has 2 N–H and O–H groups in total. The summed E-state index contributed by atoms with van der Waals surface area (Å²) in [5.74, 6) is 1.96. The van der Waals surface area contributed by atoms with E-state index in [-0.39, 0.29) is 24.0 Å². The number of para-hydroxylation sites is 1. The van der Waals surface area contributed by atoms with Crippen molar-refractivity contribution in [1.82, 2.24) is 20.5 Å². The number of anilines is 2. The maximum Gasteiger partial charge on any atom is 0.191 e. The molecular formula is C25H38IN7. The van der Waals surface area contributed by atoms with Gasteiger partial charge in [0, 0.05) is 63.7 Å². The molecule has 0 radical (unpaired) electrons. The van der Waals surface area contributed by atoms with Crippen molar-refractivity contribution in [1.29, 1.82) is 0 Å². The first kappa shape index (κ1) is 25.6. The maximum atomic E-state index is 4.82. The van der Waals surface area contributed by atoms with Gasteiger partial charge in [-0.25, -0.2) is 9.98 Å². The Kier molecular flexibility index (Phi) is 10.1. The average molecular weight is 564 g/mol. The lowest BCUT2D eigenvalue weighted by atomic mass is 10.2. The number of nitrogens with one attached hydrogen (secondary N) is 2. The highest BCUT2D eigenvalue weighted by Crippen LogP contribution is 2.19. The van der Waals surface area contributed by atoms with Gasteiger partial charge in [0.15, 0.2) is 5.96 Å². The van der Waals surface area contributed by atoms with Crippen molar-refractivity contribution in [3.63, 3.8) is 0 Å². The van der Waals surface area contributed by atoms with Crippen molar-refractivity contribution in [2.75, 3.05) is 62.2 Å². The van der Waals surface area contributed by atoms with E-state index < -0.39 is 0 Å². The molecule has 33 heavy (non-hydrogen) atoms. The lowest BCUT2D eigenvalue weighted by Crippen LogP contribution is -2.46. The number of hydrogen-bond acceptors (Lipinski definition) is 5. The van der Waals surface area contributed by atoms with E-state index in [0.717, 1.165) is 76.1 Å². The monoisotopic (exact) mass is 563 g/mol. The Morgan fingerprint density at radius 1 is 1.00 bits per heavy atom. The molecule has 0 aliphatic carbocycles. The van der Waals surface area contributed by atoms with Gasteiger partial charge in [0.2, 0.25) is 0 Å². The predicted octanol–water partition coefficient (Wildman–Crippen LogP) is 3.18. The number of hydrogen-bond donors (Lipinski definition) is 2. The van der Waals surface area contributed by atoms with Crippen molar-refractivity contribution in [3.8, 4) is 0 Å². The number of benzene rings is 1. The van der Waals surface area contributed by atoms with Gasteiger partial charge in [-0.15, -0.1) is 24.0 Å². The van der Waals surface area contributed by atoms with Crippen molar-refractivity contribution >= 4 is 41.4 Å². The van der Waals surface area contributed by atoms with E-state index in [1.165, 1.54) is 5.69 Å². The van der Waals surface area contributed by atoms with E-state index in [1.807, 2.05) is 6.20 Å². The molecule has 2 aromatic rings. The highest BCUT2D eigenvalue weighted by Gasteiger charge is 2.23. The first-order valence-corrected chi connectivity index (χ1v) is 12.0. The molecule has 180 valence electrons. The lowest BCUT2D eigenvalue weighted by Gasteiger charge is -2.34. The van der Waals surface area contributed by atoms with Gasteiger partial charge in [0.25, 0.3) is 0 Å². The first-order valence-electron chi connectivity index (χ1n) is 12.0. The van der Waals surface area contributed by atoms with Crippen molar-refractivity contribution in [2.24, 2.45) is 4.99 Å². The number of rotatable bonds is 7. The summed E-state index contributed by atoms with van der Waals surface area (Å²) >= 11 is 0. The molecule has 1 unspecified atom stereocenters. The molecule has 7 nitrogen and oxygen atoms in total. The second-order valence-electron chi connectivity index (χ2n) is 8.55. The number of piperazine rings is 1. The van der Waals surface area contributed by atoms with Crippen LogP contribution < -0.4 is 20.4 Å². The SMILES string of the molecule is CCNC(=NCc1ccc(N2CCN(CC)CC2)nc1)NC1CCN(c2ccccc2)C1.I. The summed E-state index contributed by atoms with van der Waals surface area (Å²) in [5, 5.41) is 7.02. The Hall–Kier alpha value is -2.07. The zero-order valence-corrected chi connectivity index (χ0v) is 22.2. The quantitative estimate of drug-likeness (QED) is 0.307. The molecule has 0 bridgehead atoms. The summed E-state index contributed by atoms with van der Waals surface area (Å²) in [5.41, 5.74) is 2.43. The third kappa shape index (κ3) is 7.20. The van der Waals surface area contributed by atoms with Crippen LogP contribution in [0.25, 0.3) is 0 Å². The van der Waals surface area contributed by atoms with Crippen LogP contribution in [0, 0.1) is 0 Å². The van der Waals surface area contributed by atoms with Gasteiger partial charge in [-0.05, 0) is 43.7 Å². The van der Waals surface area contributed by atoms with Gasteiger partial charge >= 0.3 is 0 Å². The van der Waals surface area contributed by atoms with Crippen LogP contribution in [0.5, 0.6) is 0 Å². The molecule has 0 amide bonds. The van der Waals surface area contributed by atoms with Crippen LogP contribution in [0.3, 0.4) is 0 Å². The van der Waals surface area contributed by atoms with Gasteiger partial charge in [0.05, 0.1) is 6.54 Å². The Bertz CT molecular complexity index is 851. The smallest absolute Gasteiger partial charge is 0.191 e. The van der Waals surface area contributed by atoms with Crippen LogP contribution in [0.4, 0.5) is 11.5 Å². The largest absolute Gasteiger partial charge is 0.369 e. The summed E-state index contributed by atoms with van der Waals surface area (Å²) in [4.78, 5) is 16.8. The Morgan fingerprint density at radius 3 is 2.45 bits per heavy atom. The fourth-order valence-corrected chi connectivity index (χ4v) is 4.43. The molecule has 1 atom stereocenters. The molecule has 2 aliphatic rings. The van der Waals surface area contributed by atoms with Crippen LogP contribution in [-0.4, -0.2) is 74.2 Å². The number of aromatic nitrogens is 1. The summed E-state index contributed by atoms with van der Waals surface area (Å²) in [7, 11) is 0. The predicted molar refractivity (Wildman–Crippen MR) is 149 cm³/mol. The Balaban J connectivity index is 0.00000306. The van der Waals surface area contributed by atoms with Gasteiger partial charge in [0.1, 0.15) is 5.82 Å². The van der Waals surface area contributed by atoms with E-state index in [1.54, 1.807) is 0 Å². The van der Waals surface area contributed by atoms with Crippen LogP contribution in [0.15, 0.2) is 53.7 Å². The third-order valence-electron chi connectivity index (χ3n) is 6.37. The zero-order chi connectivity index (χ0) is 22.2. The molecule has 3 heterocycles. The summed E-state index contributed by atoms with van der Waals surface area (Å²) in [6.45, 7) is 13.3. The molecule has 0 saturated carbocycles. The number of pyridine rings is 1. The highest BCUT2D eigenvalue weighted by atomic mass is 127. The number of likely N-dealkylation sites (N-methyl/N-ethyl adjacent to an activating group) is 1. The van der Waals surface area contributed by atoms with Gasteiger partial charge in [-0.1, -0.05) is 31.2 Å². The molecule has 1 aromatic carbocycles. The number of guanidine groups is 1. The average Bonchev–Trinajstić information content (AvgIpc) is 3.32. The number of aliphatic imine (C=N–C) groups is 1.